The number of sulfone groups is 1. The molecule has 1 aromatic carbocycles. The van der Waals surface area contributed by atoms with Crippen molar-refractivity contribution in [3.8, 4) is 0 Å². The maximum absolute atomic E-state index is 12.9. The summed E-state index contributed by atoms with van der Waals surface area (Å²) in [5.41, 5.74) is 1.33. The van der Waals surface area contributed by atoms with Crippen LogP contribution in [0.1, 0.15) is 29.0 Å². The topological polar surface area (TPSA) is 84.3 Å². The van der Waals surface area contributed by atoms with E-state index >= 15 is 0 Å². The van der Waals surface area contributed by atoms with E-state index < -0.39 is 9.84 Å². The SMILES string of the molecule is O=C(Nc1cnc2n1CCCC2)c1ccccc1N1CCS(=O)(=O)CC1. The standard InChI is InChI=1S/C18H22N4O3S/c23-18(20-17-13-19-16-7-3-4-8-22(16)17)14-5-1-2-6-15(14)21-9-11-26(24,25)12-10-21/h1-2,5-6,13H,3-4,7-12H2,(H,20,23). The molecule has 1 aromatic heterocycles. The Morgan fingerprint density at radius 1 is 1.08 bits per heavy atom. The third-order valence-corrected chi connectivity index (χ3v) is 6.65. The van der Waals surface area contributed by atoms with Gasteiger partial charge in [0.15, 0.2) is 9.84 Å². The normalized spacial score (nSPS) is 19.0. The average Bonchev–Trinajstić information content (AvgIpc) is 3.05. The highest BCUT2D eigenvalue weighted by Crippen LogP contribution is 2.25. The molecule has 0 spiro atoms. The van der Waals surface area contributed by atoms with Gasteiger partial charge in [-0.05, 0) is 25.0 Å². The van der Waals surface area contributed by atoms with Crippen molar-refractivity contribution in [2.24, 2.45) is 0 Å². The van der Waals surface area contributed by atoms with E-state index in [9.17, 15) is 13.2 Å². The molecule has 2 aromatic rings. The molecule has 4 rings (SSSR count). The molecule has 0 saturated carbocycles. The smallest absolute Gasteiger partial charge is 0.258 e. The van der Waals surface area contributed by atoms with Crippen LogP contribution in [0.4, 0.5) is 11.5 Å². The van der Waals surface area contributed by atoms with Gasteiger partial charge in [-0.3, -0.25) is 4.79 Å². The fourth-order valence-electron chi connectivity index (χ4n) is 3.59. The summed E-state index contributed by atoms with van der Waals surface area (Å²) in [4.78, 5) is 19.3. The number of aromatic nitrogens is 2. The fourth-order valence-corrected chi connectivity index (χ4v) is 4.80. The molecule has 0 radical (unpaired) electrons. The van der Waals surface area contributed by atoms with Gasteiger partial charge in [0.2, 0.25) is 0 Å². The van der Waals surface area contributed by atoms with E-state index in [0.717, 1.165) is 43.1 Å². The molecule has 1 saturated heterocycles. The number of benzene rings is 1. The first-order valence-corrected chi connectivity index (χ1v) is 10.8. The van der Waals surface area contributed by atoms with Gasteiger partial charge in [-0.25, -0.2) is 13.4 Å². The maximum Gasteiger partial charge on any atom is 0.258 e. The number of imidazole rings is 1. The maximum atomic E-state index is 12.9. The van der Waals surface area contributed by atoms with Crippen LogP contribution in [0.25, 0.3) is 0 Å². The van der Waals surface area contributed by atoms with Gasteiger partial charge < -0.3 is 14.8 Å². The summed E-state index contributed by atoms with van der Waals surface area (Å²) in [5, 5.41) is 2.98. The second kappa shape index (κ2) is 6.75. The lowest BCUT2D eigenvalue weighted by molar-refractivity contribution is 0.102. The van der Waals surface area contributed by atoms with Crippen LogP contribution >= 0.6 is 0 Å². The van der Waals surface area contributed by atoms with Gasteiger partial charge in [-0.1, -0.05) is 12.1 Å². The van der Waals surface area contributed by atoms with Crippen molar-refractivity contribution in [3.05, 3.63) is 41.9 Å². The Hall–Kier alpha value is -2.35. The summed E-state index contributed by atoms with van der Waals surface area (Å²) in [5.74, 6) is 1.79. The minimum atomic E-state index is -2.96. The lowest BCUT2D eigenvalue weighted by Gasteiger charge is -2.30. The molecule has 2 aliphatic rings. The van der Waals surface area contributed by atoms with Gasteiger partial charge in [0.05, 0.1) is 23.3 Å². The van der Waals surface area contributed by atoms with E-state index in [0.29, 0.717) is 18.7 Å². The molecule has 2 aliphatic heterocycles. The second-order valence-electron chi connectivity index (χ2n) is 6.78. The molecule has 1 amide bonds. The Balaban J connectivity index is 1.56. The first kappa shape index (κ1) is 17.1. The van der Waals surface area contributed by atoms with E-state index in [-0.39, 0.29) is 17.4 Å². The molecule has 0 unspecified atom stereocenters. The molecule has 138 valence electrons. The highest BCUT2D eigenvalue weighted by molar-refractivity contribution is 7.91. The molecule has 7 nitrogen and oxygen atoms in total. The number of anilines is 2. The molecule has 8 heteroatoms. The van der Waals surface area contributed by atoms with E-state index in [1.807, 2.05) is 23.1 Å². The molecule has 1 fully saturated rings. The number of nitrogens with one attached hydrogen (secondary N) is 1. The van der Waals surface area contributed by atoms with Gasteiger partial charge in [-0.2, -0.15) is 0 Å². The van der Waals surface area contributed by atoms with Crippen LogP contribution in [0.15, 0.2) is 30.5 Å². The number of amides is 1. The quantitative estimate of drug-likeness (QED) is 0.884. The van der Waals surface area contributed by atoms with E-state index in [2.05, 4.69) is 14.9 Å². The summed E-state index contributed by atoms with van der Waals surface area (Å²) in [7, 11) is -2.96. The first-order valence-electron chi connectivity index (χ1n) is 8.94. The lowest BCUT2D eigenvalue weighted by Crippen LogP contribution is -2.41. The van der Waals surface area contributed by atoms with Crippen molar-refractivity contribution in [1.29, 1.82) is 0 Å². The molecule has 1 N–H and O–H groups in total. The summed E-state index contributed by atoms with van der Waals surface area (Å²) in [6, 6.07) is 7.35. The van der Waals surface area contributed by atoms with E-state index in [1.165, 1.54) is 0 Å². The molecular formula is C18H22N4O3S. The van der Waals surface area contributed by atoms with Gasteiger partial charge in [0, 0.05) is 31.7 Å². The summed E-state index contributed by atoms with van der Waals surface area (Å²) in [6.07, 6.45) is 4.87. The number of hydrogen-bond acceptors (Lipinski definition) is 5. The second-order valence-corrected chi connectivity index (χ2v) is 9.08. The summed E-state index contributed by atoms with van der Waals surface area (Å²) >= 11 is 0. The van der Waals surface area contributed by atoms with Gasteiger partial charge in [-0.15, -0.1) is 0 Å². The fraction of sp³-hybridized carbons (Fsp3) is 0.444. The monoisotopic (exact) mass is 374 g/mol. The number of aryl methyl sites for hydroxylation is 1. The average molecular weight is 374 g/mol. The largest absolute Gasteiger partial charge is 0.369 e. The predicted octanol–water partition coefficient (Wildman–Crippen LogP) is 1.71. The van der Waals surface area contributed by atoms with Gasteiger partial charge >= 0.3 is 0 Å². The zero-order valence-corrected chi connectivity index (χ0v) is 15.3. The van der Waals surface area contributed by atoms with Crippen LogP contribution in [0.2, 0.25) is 0 Å². The van der Waals surface area contributed by atoms with Gasteiger partial charge in [0.1, 0.15) is 11.6 Å². The molecule has 0 bridgehead atoms. The van der Waals surface area contributed by atoms with Crippen molar-refractivity contribution in [1.82, 2.24) is 9.55 Å². The summed E-state index contributed by atoms with van der Waals surface area (Å²) < 4.78 is 25.4. The molecule has 0 aliphatic carbocycles. The van der Waals surface area contributed by atoms with E-state index in [4.69, 9.17) is 0 Å². The molecule has 26 heavy (non-hydrogen) atoms. The Morgan fingerprint density at radius 2 is 1.85 bits per heavy atom. The van der Waals surface area contributed by atoms with Crippen LogP contribution in [-0.4, -0.2) is 48.5 Å². The Morgan fingerprint density at radius 3 is 2.65 bits per heavy atom. The first-order chi connectivity index (χ1) is 12.5. The number of carbonyl (C=O) groups excluding carboxylic acids is 1. The van der Waals surface area contributed by atoms with Crippen molar-refractivity contribution in [2.45, 2.75) is 25.8 Å². The van der Waals surface area contributed by atoms with Crippen LogP contribution in [0.5, 0.6) is 0 Å². The number of fused-ring (bicyclic) bond motifs is 1. The number of rotatable bonds is 3. The lowest BCUT2D eigenvalue weighted by atomic mass is 10.1. The Kier molecular flexibility index (Phi) is 4.44. The molecule has 0 atom stereocenters. The van der Waals surface area contributed by atoms with E-state index in [1.54, 1.807) is 12.3 Å². The highest BCUT2D eigenvalue weighted by atomic mass is 32.2. The van der Waals surface area contributed by atoms with Crippen LogP contribution < -0.4 is 10.2 Å². The Bertz CT molecular complexity index is 922. The van der Waals surface area contributed by atoms with Crippen molar-refractivity contribution >= 4 is 27.2 Å². The Labute approximate surface area is 152 Å². The van der Waals surface area contributed by atoms with Crippen molar-refractivity contribution < 1.29 is 13.2 Å². The highest BCUT2D eigenvalue weighted by Gasteiger charge is 2.25. The molecular weight excluding hydrogens is 352 g/mol. The zero-order chi connectivity index (χ0) is 18.1. The zero-order valence-electron chi connectivity index (χ0n) is 14.5. The predicted molar refractivity (Wildman–Crippen MR) is 100 cm³/mol. The van der Waals surface area contributed by atoms with Crippen LogP contribution in [-0.2, 0) is 22.8 Å². The number of nitrogens with zero attached hydrogens (tertiary/aromatic N) is 3. The number of hydrogen-bond donors (Lipinski definition) is 1. The van der Waals surface area contributed by atoms with Crippen LogP contribution in [0.3, 0.4) is 0 Å². The number of para-hydroxylation sites is 1. The van der Waals surface area contributed by atoms with Gasteiger partial charge in [0.25, 0.3) is 5.91 Å². The summed E-state index contributed by atoms with van der Waals surface area (Å²) in [6.45, 7) is 1.69. The number of carbonyl (C=O) groups is 1. The molecule has 3 heterocycles. The van der Waals surface area contributed by atoms with Crippen LogP contribution in [0, 0.1) is 0 Å². The third-order valence-electron chi connectivity index (χ3n) is 5.05. The third kappa shape index (κ3) is 3.33. The minimum absolute atomic E-state index is 0.124. The van der Waals surface area contributed by atoms with Crippen molar-refractivity contribution in [3.63, 3.8) is 0 Å². The minimum Gasteiger partial charge on any atom is -0.369 e. The van der Waals surface area contributed by atoms with Crippen molar-refractivity contribution in [2.75, 3.05) is 34.8 Å².